The van der Waals surface area contributed by atoms with Gasteiger partial charge in [-0.1, -0.05) is 142 Å². The van der Waals surface area contributed by atoms with Crippen LogP contribution in [0.2, 0.25) is 5.04 Å². The van der Waals surface area contributed by atoms with E-state index in [9.17, 15) is 5.11 Å². The molecular formula is C35H40O5Si. The van der Waals surface area contributed by atoms with Crippen molar-refractivity contribution in [2.24, 2.45) is 0 Å². The summed E-state index contributed by atoms with van der Waals surface area (Å²) in [7, 11) is -2.81. The van der Waals surface area contributed by atoms with Crippen LogP contribution in [0.1, 0.15) is 31.9 Å². The zero-order valence-corrected chi connectivity index (χ0v) is 25.1. The zero-order valence-electron chi connectivity index (χ0n) is 24.1. The molecule has 0 aliphatic carbocycles. The van der Waals surface area contributed by atoms with E-state index in [2.05, 4.69) is 69.3 Å². The summed E-state index contributed by atoms with van der Waals surface area (Å²) in [5, 5.41) is 13.3. The standard InChI is InChI=1S/C35H40O5Si/c1-35(2,3)41(29-20-12-6-13-21-29,30-22-14-7-15-23-30)39-26-31-32(37-24-27-16-8-4-9-17-27)33(34(36)40-31)38-25-28-18-10-5-11-19-28/h4-23,31-34,36H,24-26H2,1-3H3/t31-,32-,33+,34-/m1/s1. The molecule has 5 rings (SSSR count). The van der Waals surface area contributed by atoms with E-state index in [1.54, 1.807) is 0 Å². The number of hydrogen-bond donors (Lipinski definition) is 1. The first-order valence-corrected chi connectivity index (χ1v) is 16.2. The molecule has 0 amide bonds. The first-order chi connectivity index (χ1) is 19.9. The van der Waals surface area contributed by atoms with E-state index in [-0.39, 0.29) is 11.6 Å². The van der Waals surface area contributed by atoms with Crippen molar-refractivity contribution in [2.45, 2.75) is 63.6 Å². The van der Waals surface area contributed by atoms with E-state index < -0.39 is 32.9 Å². The highest BCUT2D eigenvalue weighted by Crippen LogP contribution is 2.38. The number of hydrogen-bond acceptors (Lipinski definition) is 5. The van der Waals surface area contributed by atoms with E-state index in [0.717, 1.165) is 11.1 Å². The van der Waals surface area contributed by atoms with Gasteiger partial charge in [0.15, 0.2) is 6.29 Å². The highest BCUT2D eigenvalue weighted by molar-refractivity contribution is 6.99. The maximum atomic E-state index is 11.1. The predicted molar refractivity (Wildman–Crippen MR) is 164 cm³/mol. The average Bonchev–Trinajstić information content (AvgIpc) is 3.30. The van der Waals surface area contributed by atoms with Crippen LogP contribution in [-0.4, -0.2) is 44.6 Å². The molecule has 0 saturated carbocycles. The van der Waals surface area contributed by atoms with Crippen LogP contribution < -0.4 is 10.4 Å². The topological polar surface area (TPSA) is 57.2 Å². The Morgan fingerprint density at radius 3 is 1.49 bits per heavy atom. The molecule has 1 fully saturated rings. The minimum atomic E-state index is -2.81. The van der Waals surface area contributed by atoms with Crippen LogP contribution in [0, 0.1) is 0 Å². The fourth-order valence-electron chi connectivity index (χ4n) is 5.72. The van der Waals surface area contributed by atoms with Gasteiger partial charge in [0.25, 0.3) is 8.32 Å². The van der Waals surface area contributed by atoms with Crippen LogP contribution in [0.25, 0.3) is 0 Å². The van der Waals surface area contributed by atoms with Crippen molar-refractivity contribution in [1.82, 2.24) is 0 Å². The molecule has 4 atom stereocenters. The molecule has 1 aliphatic heterocycles. The third kappa shape index (κ3) is 6.70. The van der Waals surface area contributed by atoms with E-state index in [0.29, 0.717) is 13.2 Å². The highest BCUT2D eigenvalue weighted by atomic mass is 28.4. The lowest BCUT2D eigenvalue weighted by atomic mass is 10.1. The molecule has 6 heteroatoms. The van der Waals surface area contributed by atoms with Crippen LogP contribution in [0.5, 0.6) is 0 Å². The van der Waals surface area contributed by atoms with Crippen molar-refractivity contribution in [1.29, 1.82) is 0 Å². The molecule has 0 spiro atoms. The molecule has 0 aromatic heterocycles. The number of benzene rings is 4. The Morgan fingerprint density at radius 2 is 1.05 bits per heavy atom. The quantitative estimate of drug-likeness (QED) is 0.244. The molecule has 1 saturated heterocycles. The Kier molecular flexibility index (Phi) is 9.50. The van der Waals surface area contributed by atoms with Gasteiger partial charge in [-0.15, -0.1) is 0 Å². The molecule has 0 bridgehead atoms. The van der Waals surface area contributed by atoms with Gasteiger partial charge >= 0.3 is 0 Å². The summed E-state index contributed by atoms with van der Waals surface area (Å²) < 4.78 is 26.0. The van der Waals surface area contributed by atoms with Gasteiger partial charge in [0.1, 0.15) is 18.3 Å². The summed E-state index contributed by atoms with van der Waals surface area (Å²) >= 11 is 0. The smallest absolute Gasteiger partial charge is 0.261 e. The minimum Gasteiger partial charge on any atom is -0.405 e. The first-order valence-electron chi connectivity index (χ1n) is 14.3. The van der Waals surface area contributed by atoms with Gasteiger partial charge in [0.2, 0.25) is 0 Å². The van der Waals surface area contributed by atoms with Gasteiger partial charge in [-0.25, -0.2) is 0 Å². The second-order valence-electron chi connectivity index (χ2n) is 11.6. The van der Waals surface area contributed by atoms with Crippen LogP contribution in [0.15, 0.2) is 121 Å². The predicted octanol–water partition coefficient (Wildman–Crippen LogP) is 5.45. The zero-order chi connectivity index (χ0) is 28.7. The summed E-state index contributed by atoms with van der Waals surface area (Å²) in [6.07, 6.45) is -2.83. The Morgan fingerprint density at radius 1 is 0.634 bits per heavy atom. The van der Waals surface area contributed by atoms with Crippen molar-refractivity contribution < 1.29 is 23.7 Å². The lowest BCUT2D eigenvalue weighted by Gasteiger charge is -2.43. The van der Waals surface area contributed by atoms with Gasteiger partial charge in [0.05, 0.1) is 19.8 Å². The van der Waals surface area contributed by atoms with E-state index in [1.807, 2.05) is 72.8 Å². The summed E-state index contributed by atoms with van der Waals surface area (Å²) in [4.78, 5) is 0. The molecule has 0 radical (unpaired) electrons. The fourth-order valence-corrected chi connectivity index (χ4v) is 10.3. The molecule has 4 aromatic carbocycles. The van der Waals surface area contributed by atoms with Gasteiger partial charge in [0, 0.05) is 0 Å². The maximum absolute atomic E-state index is 11.1. The van der Waals surface area contributed by atoms with Crippen molar-refractivity contribution in [3.05, 3.63) is 132 Å². The van der Waals surface area contributed by atoms with Crippen molar-refractivity contribution in [3.8, 4) is 0 Å². The molecule has 4 aromatic rings. The van der Waals surface area contributed by atoms with Crippen molar-refractivity contribution in [2.75, 3.05) is 6.61 Å². The Bertz CT molecular complexity index is 1290. The summed E-state index contributed by atoms with van der Waals surface area (Å²) in [6, 6.07) is 41.0. The third-order valence-corrected chi connectivity index (χ3v) is 12.7. The Hall–Kier alpha value is -3.10. The van der Waals surface area contributed by atoms with E-state index in [1.165, 1.54) is 10.4 Å². The molecular weight excluding hydrogens is 528 g/mol. The summed E-state index contributed by atoms with van der Waals surface area (Å²) in [5.74, 6) is 0. The lowest BCUT2D eigenvalue weighted by molar-refractivity contribution is -0.151. The molecule has 0 unspecified atom stereocenters. The number of aliphatic hydroxyl groups is 1. The lowest BCUT2D eigenvalue weighted by Crippen LogP contribution is -2.67. The van der Waals surface area contributed by atoms with Crippen LogP contribution in [-0.2, 0) is 31.9 Å². The number of rotatable bonds is 11. The number of ether oxygens (including phenoxy) is 3. The largest absolute Gasteiger partial charge is 0.405 e. The second-order valence-corrected chi connectivity index (χ2v) is 15.9. The van der Waals surface area contributed by atoms with Crippen molar-refractivity contribution >= 4 is 18.7 Å². The number of aliphatic hydroxyl groups excluding tert-OH is 1. The Balaban J connectivity index is 1.43. The van der Waals surface area contributed by atoms with Gasteiger partial charge < -0.3 is 23.7 Å². The molecule has 214 valence electrons. The summed E-state index contributed by atoms with van der Waals surface area (Å²) in [6.45, 7) is 7.73. The molecule has 41 heavy (non-hydrogen) atoms. The van der Waals surface area contributed by atoms with Crippen LogP contribution >= 0.6 is 0 Å². The average molecular weight is 569 g/mol. The van der Waals surface area contributed by atoms with Crippen LogP contribution in [0.3, 0.4) is 0 Å². The van der Waals surface area contributed by atoms with E-state index in [4.69, 9.17) is 18.6 Å². The molecule has 1 aliphatic rings. The van der Waals surface area contributed by atoms with Gasteiger partial charge in [-0.05, 0) is 26.5 Å². The fraction of sp³-hybridized carbons (Fsp3) is 0.314. The van der Waals surface area contributed by atoms with Gasteiger partial charge in [-0.2, -0.15) is 0 Å². The SMILES string of the molecule is CC(C)(C)[Si](OC[C@H]1O[C@@H](O)[C@@H](OCc2ccccc2)[C@@H]1OCc1ccccc1)(c1ccccc1)c1ccccc1. The first kappa shape index (κ1) is 29.4. The normalized spacial score (nSPS) is 21.2. The summed E-state index contributed by atoms with van der Waals surface area (Å²) in [5.41, 5.74) is 2.07. The second kappa shape index (κ2) is 13.3. The Labute approximate surface area is 244 Å². The highest BCUT2D eigenvalue weighted by Gasteiger charge is 2.52. The molecule has 1 heterocycles. The molecule has 1 N–H and O–H groups in total. The molecule has 5 nitrogen and oxygen atoms in total. The third-order valence-electron chi connectivity index (χ3n) is 7.74. The van der Waals surface area contributed by atoms with Gasteiger partial charge in [-0.3, -0.25) is 0 Å². The van der Waals surface area contributed by atoms with E-state index >= 15 is 0 Å². The minimum absolute atomic E-state index is 0.184. The monoisotopic (exact) mass is 568 g/mol. The maximum Gasteiger partial charge on any atom is 0.261 e. The van der Waals surface area contributed by atoms with Crippen molar-refractivity contribution in [3.63, 3.8) is 0 Å². The van der Waals surface area contributed by atoms with Crippen LogP contribution in [0.4, 0.5) is 0 Å².